The number of para-hydroxylation sites is 1. The van der Waals surface area contributed by atoms with Crippen LogP contribution >= 0.6 is 11.6 Å². The Morgan fingerprint density at radius 1 is 0.923 bits per heavy atom. The number of ether oxygens (including phenoxy) is 3. The molecule has 1 fully saturated rings. The third kappa shape index (κ3) is 5.24. The molecule has 6 rings (SSSR count). The summed E-state index contributed by atoms with van der Waals surface area (Å²) in [7, 11) is -3.77. The van der Waals surface area contributed by atoms with Gasteiger partial charge in [0.15, 0.2) is 18.1 Å². The average molecular weight is 570 g/mol. The summed E-state index contributed by atoms with van der Waals surface area (Å²) in [5.41, 5.74) is 2.83. The van der Waals surface area contributed by atoms with Crippen molar-refractivity contribution in [3.8, 4) is 17.2 Å². The van der Waals surface area contributed by atoms with E-state index in [4.69, 9.17) is 25.8 Å². The average Bonchev–Trinajstić information content (AvgIpc) is 3.60. The van der Waals surface area contributed by atoms with Gasteiger partial charge in [-0.25, -0.2) is 8.42 Å². The number of carbonyl (C=O) groups excluding carboxylic acids is 1. The fourth-order valence-electron chi connectivity index (χ4n) is 5.13. The van der Waals surface area contributed by atoms with Gasteiger partial charge in [0.25, 0.3) is 15.9 Å². The Morgan fingerprint density at radius 3 is 2.54 bits per heavy atom. The van der Waals surface area contributed by atoms with E-state index in [1.807, 2.05) is 42.5 Å². The SMILES string of the molecule is O=C(COc1ccc(S(=O)(=O)N2CCc3ccccc32)cc1Cl)N1CCN(Cc2ccc3c(c2)OCO3)CC1. The van der Waals surface area contributed by atoms with Gasteiger partial charge in [-0.2, -0.15) is 0 Å². The molecule has 0 bridgehead atoms. The summed E-state index contributed by atoms with van der Waals surface area (Å²) in [6, 6.07) is 17.8. The van der Waals surface area contributed by atoms with E-state index >= 15 is 0 Å². The Balaban J connectivity index is 1.02. The maximum absolute atomic E-state index is 13.3. The Kier molecular flexibility index (Phi) is 7.01. The number of fused-ring (bicyclic) bond motifs is 2. The number of amides is 1. The maximum atomic E-state index is 13.3. The van der Waals surface area contributed by atoms with E-state index < -0.39 is 10.0 Å². The van der Waals surface area contributed by atoms with Crippen molar-refractivity contribution in [2.45, 2.75) is 17.9 Å². The minimum Gasteiger partial charge on any atom is -0.482 e. The molecule has 3 aliphatic rings. The van der Waals surface area contributed by atoms with Gasteiger partial charge in [0.2, 0.25) is 6.79 Å². The number of hydrogen-bond acceptors (Lipinski definition) is 7. The lowest BCUT2D eigenvalue weighted by Gasteiger charge is -2.34. The molecule has 0 unspecified atom stereocenters. The number of nitrogens with zero attached hydrogens (tertiary/aromatic N) is 3. The molecule has 0 N–H and O–H groups in total. The largest absolute Gasteiger partial charge is 0.482 e. The second kappa shape index (κ2) is 10.6. The molecule has 1 amide bonds. The summed E-state index contributed by atoms with van der Waals surface area (Å²) < 4.78 is 44.5. The molecule has 0 atom stereocenters. The van der Waals surface area contributed by atoms with Crippen molar-refractivity contribution in [1.82, 2.24) is 9.80 Å². The second-order valence-corrected chi connectivity index (χ2v) is 12.0. The molecule has 204 valence electrons. The molecule has 11 heteroatoms. The first-order valence-electron chi connectivity index (χ1n) is 12.8. The van der Waals surface area contributed by atoms with Crippen LogP contribution in [0.4, 0.5) is 5.69 Å². The number of halogens is 1. The number of benzene rings is 3. The van der Waals surface area contributed by atoms with Gasteiger partial charge in [-0.1, -0.05) is 35.9 Å². The van der Waals surface area contributed by atoms with Gasteiger partial charge in [-0.3, -0.25) is 14.0 Å². The molecule has 3 aliphatic heterocycles. The summed E-state index contributed by atoms with van der Waals surface area (Å²) in [4.78, 5) is 16.9. The third-order valence-corrected chi connectivity index (χ3v) is 9.36. The Morgan fingerprint density at radius 2 is 1.72 bits per heavy atom. The Bertz CT molecular complexity index is 1510. The standard InChI is InChI=1S/C28H28ClN3O6S/c29-23-16-22(39(34,35)32-10-9-21-3-1-2-4-24(21)32)6-8-25(23)36-18-28(33)31-13-11-30(12-14-31)17-20-5-7-26-27(15-20)38-19-37-26/h1-8,15-16H,9-14,17-19H2. The van der Waals surface area contributed by atoms with Crippen molar-refractivity contribution in [2.75, 3.05) is 50.4 Å². The van der Waals surface area contributed by atoms with Crippen LogP contribution in [0.25, 0.3) is 0 Å². The van der Waals surface area contributed by atoms with Crippen LogP contribution in [0.5, 0.6) is 17.2 Å². The number of piperazine rings is 1. The topological polar surface area (TPSA) is 88.6 Å². The molecule has 9 nitrogen and oxygen atoms in total. The second-order valence-electron chi connectivity index (χ2n) is 9.68. The van der Waals surface area contributed by atoms with Crippen LogP contribution in [0.1, 0.15) is 11.1 Å². The molecule has 3 heterocycles. The summed E-state index contributed by atoms with van der Waals surface area (Å²) in [6.07, 6.45) is 0.666. The van der Waals surface area contributed by atoms with Crippen molar-refractivity contribution in [2.24, 2.45) is 0 Å². The van der Waals surface area contributed by atoms with Crippen molar-refractivity contribution in [1.29, 1.82) is 0 Å². The molecule has 0 saturated carbocycles. The van der Waals surface area contributed by atoms with E-state index in [0.717, 1.165) is 42.3 Å². The van der Waals surface area contributed by atoms with Crippen LogP contribution in [-0.2, 0) is 27.8 Å². The molecule has 1 saturated heterocycles. The number of anilines is 1. The highest BCUT2D eigenvalue weighted by Gasteiger charge is 2.31. The highest BCUT2D eigenvalue weighted by atomic mass is 35.5. The van der Waals surface area contributed by atoms with Gasteiger partial charge in [0, 0.05) is 39.3 Å². The lowest BCUT2D eigenvalue weighted by Crippen LogP contribution is -2.49. The predicted molar refractivity (Wildman–Crippen MR) is 146 cm³/mol. The van der Waals surface area contributed by atoms with Crippen molar-refractivity contribution >= 4 is 33.2 Å². The predicted octanol–water partition coefficient (Wildman–Crippen LogP) is 3.54. The van der Waals surface area contributed by atoms with E-state index in [9.17, 15) is 13.2 Å². The summed E-state index contributed by atoms with van der Waals surface area (Å²) in [5.74, 6) is 1.67. The van der Waals surface area contributed by atoms with E-state index in [-0.39, 0.29) is 35.0 Å². The monoisotopic (exact) mass is 569 g/mol. The quantitative estimate of drug-likeness (QED) is 0.430. The van der Waals surface area contributed by atoms with Gasteiger partial charge >= 0.3 is 0 Å². The fraction of sp³-hybridized carbons (Fsp3) is 0.321. The Hall–Kier alpha value is -3.47. The smallest absolute Gasteiger partial charge is 0.264 e. The zero-order chi connectivity index (χ0) is 27.0. The molecular weight excluding hydrogens is 542 g/mol. The van der Waals surface area contributed by atoms with Gasteiger partial charge < -0.3 is 19.1 Å². The van der Waals surface area contributed by atoms with E-state index in [1.165, 1.54) is 22.5 Å². The highest BCUT2D eigenvalue weighted by Crippen LogP contribution is 2.35. The molecule has 3 aromatic rings. The fourth-order valence-corrected chi connectivity index (χ4v) is 6.96. The lowest BCUT2D eigenvalue weighted by atomic mass is 10.1. The van der Waals surface area contributed by atoms with Crippen LogP contribution < -0.4 is 18.5 Å². The summed E-state index contributed by atoms with van der Waals surface area (Å²) in [6.45, 7) is 3.90. The van der Waals surface area contributed by atoms with Crippen molar-refractivity contribution < 1.29 is 27.4 Å². The zero-order valence-electron chi connectivity index (χ0n) is 21.2. The number of hydrogen-bond donors (Lipinski definition) is 0. The molecular formula is C28H28ClN3O6S. The van der Waals surface area contributed by atoms with E-state index in [0.29, 0.717) is 31.7 Å². The van der Waals surface area contributed by atoms with E-state index in [1.54, 1.807) is 4.90 Å². The first kappa shape index (κ1) is 25.8. The van der Waals surface area contributed by atoms with Crippen LogP contribution in [0.15, 0.2) is 65.6 Å². The maximum Gasteiger partial charge on any atom is 0.264 e. The molecule has 0 radical (unpaired) electrons. The minimum atomic E-state index is -3.77. The van der Waals surface area contributed by atoms with Crippen molar-refractivity contribution in [3.63, 3.8) is 0 Å². The lowest BCUT2D eigenvalue weighted by molar-refractivity contribution is -0.135. The van der Waals surface area contributed by atoms with Crippen LogP contribution in [-0.4, -0.2) is 70.2 Å². The van der Waals surface area contributed by atoms with Crippen molar-refractivity contribution in [3.05, 3.63) is 76.8 Å². The van der Waals surface area contributed by atoms with Crippen LogP contribution in [0, 0.1) is 0 Å². The molecule has 0 spiro atoms. The number of rotatable bonds is 7. The molecule has 39 heavy (non-hydrogen) atoms. The minimum absolute atomic E-state index is 0.0847. The third-order valence-electron chi connectivity index (χ3n) is 7.26. The Labute approximate surface area is 232 Å². The molecule has 0 aromatic heterocycles. The van der Waals surface area contributed by atoms with E-state index in [2.05, 4.69) is 4.90 Å². The summed E-state index contributed by atoms with van der Waals surface area (Å²) >= 11 is 6.39. The van der Waals surface area contributed by atoms with Gasteiger partial charge in [-0.15, -0.1) is 0 Å². The molecule has 0 aliphatic carbocycles. The normalized spacial score (nSPS) is 16.8. The highest BCUT2D eigenvalue weighted by molar-refractivity contribution is 7.92. The van der Waals surface area contributed by atoms with Gasteiger partial charge in [-0.05, 0) is 53.9 Å². The van der Waals surface area contributed by atoms with Crippen LogP contribution in [0.2, 0.25) is 5.02 Å². The van der Waals surface area contributed by atoms with Gasteiger partial charge in [0.05, 0.1) is 15.6 Å². The van der Waals surface area contributed by atoms with Gasteiger partial charge in [0.1, 0.15) is 5.75 Å². The number of carbonyl (C=O) groups is 1. The van der Waals surface area contributed by atoms with Crippen LogP contribution in [0.3, 0.4) is 0 Å². The number of sulfonamides is 1. The zero-order valence-corrected chi connectivity index (χ0v) is 22.8. The summed E-state index contributed by atoms with van der Waals surface area (Å²) in [5, 5.41) is 0.143. The first-order chi connectivity index (χ1) is 18.9. The molecule has 3 aromatic carbocycles. The first-order valence-corrected chi connectivity index (χ1v) is 14.6.